The van der Waals surface area contributed by atoms with Crippen molar-refractivity contribution in [3.63, 3.8) is 0 Å². The van der Waals surface area contributed by atoms with Gasteiger partial charge in [0, 0.05) is 42.2 Å². The second-order valence-electron chi connectivity index (χ2n) is 8.20. The fourth-order valence-corrected chi connectivity index (χ4v) is 4.90. The minimum atomic E-state index is -0.0691. The molecule has 2 aromatic carbocycles. The summed E-state index contributed by atoms with van der Waals surface area (Å²) >= 11 is 6.13. The number of hydrogen-bond acceptors (Lipinski definition) is 4. The van der Waals surface area contributed by atoms with E-state index in [1.54, 1.807) is 17.7 Å². The van der Waals surface area contributed by atoms with Crippen molar-refractivity contribution in [2.24, 2.45) is 7.05 Å². The maximum Gasteiger partial charge on any atom is 0.261 e. The molecule has 1 N–H and O–H groups in total. The van der Waals surface area contributed by atoms with Gasteiger partial charge in [0.2, 0.25) is 0 Å². The molecule has 0 spiro atoms. The Morgan fingerprint density at radius 2 is 1.93 bits per heavy atom. The normalized spacial score (nSPS) is 24.1. The van der Waals surface area contributed by atoms with E-state index >= 15 is 0 Å². The Morgan fingerprint density at radius 3 is 2.69 bits per heavy atom. The SMILES string of the molecule is Cn1c(-c2cccc(Cl)c2)nc2ccc(N3CC[N+]4(O)CCC3CC4)cc2c1=O. The molecule has 0 saturated carbocycles. The van der Waals surface area contributed by atoms with Gasteiger partial charge in [-0.3, -0.25) is 9.36 Å². The van der Waals surface area contributed by atoms with Crippen LogP contribution < -0.4 is 10.5 Å². The highest BCUT2D eigenvalue weighted by molar-refractivity contribution is 6.30. The van der Waals surface area contributed by atoms with Gasteiger partial charge >= 0.3 is 0 Å². The summed E-state index contributed by atoms with van der Waals surface area (Å²) < 4.78 is 1.76. The molecule has 3 fully saturated rings. The molecule has 2 bridgehead atoms. The van der Waals surface area contributed by atoms with Crippen molar-refractivity contribution < 1.29 is 9.85 Å². The van der Waals surface area contributed by atoms with Crippen molar-refractivity contribution in [2.75, 3.05) is 31.1 Å². The molecule has 1 aromatic heterocycles. The first kappa shape index (κ1) is 18.6. The second kappa shape index (κ2) is 6.83. The maximum atomic E-state index is 13.1. The molecule has 3 aliphatic heterocycles. The highest BCUT2D eigenvalue weighted by Crippen LogP contribution is 2.31. The summed E-state index contributed by atoms with van der Waals surface area (Å²) in [6, 6.07) is 13.7. The van der Waals surface area contributed by atoms with Crippen molar-refractivity contribution in [1.82, 2.24) is 9.55 Å². The lowest BCUT2D eigenvalue weighted by Crippen LogP contribution is -2.49. The van der Waals surface area contributed by atoms with Crippen molar-refractivity contribution >= 4 is 28.2 Å². The molecular formula is C22H24ClN4O2+. The molecular weight excluding hydrogens is 388 g/mol. The molecule has 0 unspecified atom stereocenters. The Morgan fingerprint density at radius 1 is 1.14 bits per heavy atom. The van der Waals surface area contributed by atoms with Crippen LogP contribution in [0.15, 0.2) is 47.3 Å². The van der Waals surface area contributed by atoms with Crippen LogP contribution in [0.1, 0.15) is 12.8 Å². The second-order valence-corrected chi connectivity index (χ2v) is 8.64. The predicted octanol–water partition coefficient (Wildman–Crippen LogP) is 3.44. The van der Waals surface area contributed by atoms with Gasteiger partial charge in [-0.1, -0.05) is 23.7 Å². The summed E-state index contributed by atoms with van der Waals surface area (Å²) in [5, 5.41) is 11.8. The van der Waals surface area contributed by atoms with E-state index in [1.165, 1.54) is 0 Å². The Bertz CT molecular complexity index is 1150. The van der Waals surface area contributed by atoms with Crippen LogP contribution in [0.25, 0.3) is 22.3 Å². The number of fused-ring (bicyclic) bond motifs is 5. The van der Waals surface area contributed by atoms with E-state index in [2.05, 4.69) is 4.90 Å². The van der Waals surface area contributed by atoms with Gasteiger partial charge in [-0.2, -0.15) is 4.65 Å². The standard InChI is InChI=1S/C22H24ClN4O2/c1-25-21(15-3-2-4-16(23)13-15)24-20-6-5-18(14-19(20)22(25)28)26-9-12-27(29)10-7-17(26)8-11-27/h2-6,13-14,17,29H,7-12H2,1H3/q+1. The summed E-state index contributed by atoms with van der Waals surface area (Å²) in [6.07, 6.45) is 1.94. The topological polar surface area (TPSA) is 58.4 Å². The van der Waals surface area contributed by atoms with Crippen LogP contribution in [0.2, 0.25) is 5.02 Å². The molecule has 4 heterocycles. The monoisotopic (exact) mass is 411 g/mol. The number of anilines is 1. The number of benzene rings is 2. The average Bonchev–Trinajstić information content (AvgIpc) is 2.99. The molecule has 3 aliphatic rings. The van der Waals surface area contributed by atoms with Crippen molar-refractivity contribution in [3.8, 4) is 11.4 Å². The van der Waals surface area contributed by atoms with Gasteiger partial charge in [0.05, 0.1) is 17.4 Å². The van der Waals surface area contributed by atoms with Gasteiger partial charge in [0.1, 0.15) is 25.5 Å². The number of aromatic nitrogens is 2. The van der Waals surface area contributed by atoms with Gasteiger partial charge in [-0.25, -0.2) is 10.2 Å². The first-order valence-electron chi connectivity index (χ1n) is 10.1. The lowest BCUT2D eigenvalue weighted by molar-refractivity contribution is -1.10. The first-order valence-corrected chi connectivity index (χ1v) is 10.4. The van der Waals surface area contributed by atoms with Crippen LogP contribution in [-0.4, -0.2) is 51.6 Å². The molecule has 3 saturated heterocycles. The minimum absolute atomic E-state index is 0.0691. The molecule has 3 aromatic rings. The number of piperidine rings is 1. The van der Waals surface area contributed by atoms with E-state index in [1.807, 2.05) is 36.4 Å². The Hall–Kier alpha value is -2.41. The van der Waals surface area contributed by atoms with E-state index in [-0.39, 0.29) is 10.2 Å². The van der Waals surface area contributed by atoms with Crippen LogP contribution in [0.4, 0.5) is 5.69 Å². The molecule has 0 amide bonds. The number of rotatable bonds is 2. The Balaban J connectivity index is 1.59. The van der Waals surface area contributed by atoms with Crippen LogP contribution in [-0.2, 0) is 7.05 Å². The van der Waals surface area contributed by atoms with Gasteiger partial charge in [0.25, 0.3) is 5.56 Å². The van der Waals surface area contributed by atoms with E-state index in [9.17, 15) is 10.0 Å². The number of nitrogens with zero attached hydrogens (tertiary/aromatic N) is 4. The molecule has 6 nitrogen and oxygen atoms in total. The van der Waals surface area contributed by atoms with E-state index in [0.717, 1.165) is 50.3 Å². The van der Waals surface area contributed by atoms with Gasteiger partial charge in [0.15, 0.2) is 0 Å². The molecule has 0 radical (unpaired) electrons. The molecule has 0 aliphatic carbocycles. The molecule has 29 heavy (non-hydrogen) atoms. The third kappa shape index (κ3) is 3.21. The third-order valence-corrected chi connectivity index (χ3v) is 6.66. The average molecular weight is 412 g/mol. The zero-order valence-electron chi connectivity index (χ0n) is 16.4. The number of hydrogen-bond donors (Lipinski definition) is 1. The van der Waals surface area contributed by atoms with Crippen LogP contribution in [0.3, 0.4) is 0 Å². The number of halogens is 1. The van der Waals surface area contributed by atoms with Crippen LogP contribution in [0, 0.1) is 0 Å². The van der Waals surface area contributed by atoms with Crippen molar-refractivity contribution in [2.45, 2.75) is 18.9 Å². The zero-order valence-corrected chi connectivity index (χ0v) is 17.1. The van der Waals surface area contributed by atoms with E-state index in [0.29, 0.717) is 27.8 Å². The maximum absolute atomic E-state index is 13.1. The van der Waals surface area contributed by atoms with Gasteiger partial charge in [-0.15, -0.1) is 0 Å². The fourth-order valence-electron chi connectivity index (χ4n) is 4.71. The summed E-state index contributed by atoms with van der Waals surface area (Å²) in [6.45, 7) is 3.13. The quantitative estimate of drug-likeness (QED) is 0.656. The Kier molecular flexibility index (Phi) is 4.38. The summed E-state index contributed by atoms with van der Waals surface area (Å²) in [5.74, 6) is 0.602. The lowest BCUT2D eigenvalue weighted by atomic mass is 10.0. The summed E-state index contributed by atoms with van der Waals surface area (Å²) in [7, 11) is 1.75. The number of quaternary nitrogens is 1. The highest BCUT2D eigenvalue weighted by atomic mass is 35.5. The molecule has 7 heteroatoms. The summed E-state index contributed by atoms with van der Waals surface area (Å²) in [4.78, 5) is 20.3. The fraction of sp³-hybridized carbons (Fsp3) is 0.364. The van der Waals surface area contributed by atoms with E-state index in [4.69, 9.17) is 16.6 Å². The highest BCUT2D eigenvalue weighted by Gasteiger charge is 2.40. The smallest absolute Gasteiger partial charge is 0.261 e. The molecule has 0 atom stereocenters. The van der Waals surface area contributed by atoms with Gasteiger partial charge in [-0.05, 0) is 30.3 Å². The first-order chi connectivity index (χ1) is 13.9. The van der Waals surface area contributed by atoms with Crippen LogP contribution >= 0.6 is 11.6 Å². The third-order valence-electron chi connectivity index (χ3n) is 6.43. The van der Waals surface area contributed by atoms with Crippen molar-refractivity contribution in [1.29, 1.82) is 0 Å². The molecule has 150 valence electrons. The number of hydroxylamine groups is 3. The van der Waals surface area contributed by atoms with Gasteiger partial charge < -0.3 is 4.90 Å². The van der Waals surface area contributed by atoms with Crippen molar-refractivity contribution in [3.05, 3.63) is 57.8 Å². The molecule has 6 rings (SSSR count). The lowest BCUT2D eigenvalue weighted by Gasteiger charge is -2.34. The largest absolute Gasteiger partial charge is 0.362 e. The predicted molar refractivity (Wildman–Crippen MR) is 114 cm³/mol. The van der Waals surface area contributed by atoms with Crippen LogP contribution in [0.5, 0.6) is 0 Å². The van der Waals surface area contributed by atoms with E-state index < -0.39 is 0 Å². The Labute approximate surface area is 174 Å². The summed E-state index contributed by atoms with van der Waals surface area (Å²) in [5.41, 5.74) is 2.46. The zero-order chi connectivity index (χ0) is 20.2. The minimum Gasteiger partial charge on any atom is -0.362 e.